The highest BCUT2D eigenvalue weighted by molar-refractivity contribution is 7.91. The quantitative estimate of drug-likeness (QED) is 0.522. The zero-order chi connectivity index (χ0) is 22.6. The van der Waals surface area contributed by atoms with Gasteiger partial charge in [0.2, 0.25) is 9.84 Å². The molecule has 0 aliphatic carbocycles. The summed E-state index contributed by atoms with van der Waals surface area (Å²) in [6.07, 6.45) is 0.684. The highest BCUT2D eigenvalue weighted by Crippen LogP contribution is 2.35. The lowest BCUT2D eigenvalue weighted by Gasteiger charge is -2.15. The van der Waals surface area contributed by atoms with E-state index >= 15 is 0 Å². The Balaban J connectivity index is 2.14. The third kappa shape index (κ3) is 4.73. The maximum Gasteiger partial charge on any atom is 0.256 e. The fourth-order valence-corrected chi connectivity index (χ4v) is 5.34. The van der Waals surface area contributed by atoms with Crippen LogP contribution in [0.4, 0.5) is 5.82 Å². The summed E-state index contributed by atoms with van der Waals surface area (Å²) >= 11 is 0. The van der Waals surface area contributed by atoms with E-state index in [2.05, 4.69) is 5.32 Å². The molecule has 2 aromatic carbocycles. The van der Waals surface area contributed by atoms with Crippen LogP contribution >= 0.6 is 0 Å². The molecule has 31 heavy (non-hydrogen) atoms. The number of hydrogen-bond acceptors (Lipinski definition) is 4. The van der Waals surface area contributed by atoms with Crippen LogP contribution in [0.25, 0.3) is 0 Å². The summed E-state index contributed by atoms with van der Waals surface area (Å²) in [5.41, 5.74) is 2.85. The van der Waals surface area contributed by atoms with Crippen molar-refractivity contribution in [3.05, 3.63) is 77.0 Å². The summed E-state index contributed by atoms with van der Waals surface area (Å²) in [4.78, 5) is 13.4. The molecule has 3 aromatic rings. The Morgan fingerprint density at radius 1 is 1.03 bits per heavy atom. The van der Waals surface area contributed by atoms with Crippen molar-refractivity contribution in [1.29, 1.82) is 0 Å². The van der Waals surface area contributed by atoms with Crippen molar-refractivity contribution in [3.63, 3.8) is 0 Å². The maximum absolute atomic E-state index is 13.6. The molecule has 0 atom stereocenters. The number of carbonyl (C=O) groups is 1. The molecular formula is C24H28N2O4S. The second-order valence-electron chi connectivity index (χ2n) is 7.53. The molecule has 1 heterocycles. The lowest BCUT2D eigenvalue weighted by molar-refractivity contribution is 0.102. The molecule has 0 aliphatic heterocycles. The molecule has 0 saturated carbocycles. The summed E-state index contributed by atoms with van der Waals surface area (Å²) in [6.45, 7) is 6.61. The number of benzene rings is 2. The normalized spacial score (nSPS) is 11.5. The fourth-order valence-electron chi connectivity index (χ4n) is 3.62. The van der Waals surface area contributed by atoms with Gasteiger partial charge in [-0.25, -0.2) is 8.42 Å². The Bertz CT molecular complexity index is 1180. The Morgan fingerprint density at radius 2 is 1.74 bits per heavy atom. The van der Waals surface area contributed by atoms with E-state index < -0.39 is 9.84 Å². The molecule has 0 bridgehead atoms. The van der Waals surface area contributed by atoms with Gasteiger partial charge in [0.15, 0.2) is 0 Å². The largest absolute Gasteiger partial charge is 0.385 e. The van der Waals surface area contributed by atoms with Crippen molar-refractivity contribution in [2.45, 2.75) is 43.5 Å². The van der Waals surface area contributed by atoms with E-state index in [0.29, 0.717) is 36.5 Å². The summed E-state index contributed by atoms with van der Waals surface area (Å²) < 4.78 is 34.1. The lowest BCUT2D eigenvalue weighted by Crippen LogP contribution is -2.18. The van der Waals surface area contributed by atoms with Gasteiger partial charge in [0, 0.05) is 31.5 Å². The average Bonchev–Trinajstić information content (AvgIpc) is 2.99. The Labute approximate surface area is 183 Å². The molecule has 1 N–H and O–H groups in total. The number of anilines is 1. The van der Waals surface area contributed by atoms with Crippen molar-refractivity contribution in [2.75, 3.05) is 19.0 Å². The monoisotopic (exact) mass is 440 g/mol. The van der Waals surface area contributed by atoms with Crippen LogP contribution in [0.2, 0.25) is 0 Å². The first-order valence-corrected chi connectivity index (χ1v) is 11.6. The molecule has 7 heteroatoms. The molecule has 164 valence electrons. The zero-order valence-corrected chi connectivity index (χ0v) is 19.1. The highest BCUT2D eigenvalue weighted by atomic mass is 32.2. The van der Waals surface area contributed by atoms with Crippen LogP contribution in [0.15, 0.2) is 64.4 Å². The van der Waals surface area contributed by atoms with Gasteiger partial charge in [-0.1, -0.05) is 35.9 Å². The number of ether oxygens (including phenoxy) is 1. The molecule has 1 amide bonds. The number of rotatable bonds is 8. The van der Waals surface area contributed by atoms with Gasteiger partial charge < -0.3 is 14.6 Å². The lowest BCUT2D eigenvalue weighted by atomic mass is 10.1. The van der Waals surface area contributed by atoms with E-state index in [0.717, 1.165) is 11.3 Å². The van der Waals surface area contributed by atoms with Gasteiger partial charge in [-0.2, -0.15) is 0 Å². The number of nitrogens with zero attached hydrogens (tertiary/aromatic N) is 1. The molecular weight excluding hydrogens is 412 g/mol. The van der Waals surface area contributed by atoms with E-state index in [1.54, 1.807) is 62.6 Å². The van der Waals surface area contributed by atoms with Gasteiger partial charge in [-0.05, 0) is 57.0 Å². The third-order valence-corrected chi connectivity index (χ3v) is 7.27. The van der Waals surface area contributed by atoms with Crippen LogP contribution < -0.4 is 5.32 Å². The minimum atomic E-state index is -3.84. The first-order chi connectivity index (χ1) is 14.8. The number of hydrogen-bond donors (Lipinski definition) is 1. The summed E-state index contributed by atoms with van der Waals surface area (Å²) in [5, 5.41) is 2.89. The van der Waals surface area contributed by atoms with E-state index in [-0.39, 0.29) is 15.7 Å². The molecule has 0 aliphatic rings. The van der Waals surface area contributed by atoms with Crippen molar-refractivity contribution >= 4 is 21.6 Å². The Hall–Kier alpha value is -2.90. The number of sulfone groups is 1. The average molecular weight is 441 g/mol. The summed E-state index contributed by atoms with van der Waals surface area (Å²) in [7, 11) is -2.21. The van der Waals surface area contributed by atoms with Gasteiger partial charge in [-0.3, -0.25) is 4.79 Å². The van der Waals surface area contributed by atoms with Crippen LogP contribution in [0.5, 0.6) is 0 Å². The standard InChI is InChI=1S/C24H28N2O4S/c1-17-10-8-11-20(16-17)24(27)25-23-22(31(28,29)21-12-6-5-7-13-21)18(2)19(3)26(23)14-9-15-30-4/h5-8,10-13,16H,9,14-15H2,1-4H3,(H,25,27). The van der Waals surface area contributed by atoms with E-state index in [1.807, 2.05) is 24.5 Å². The first-order valence-electron chi connectivity index (χ1n) is 10.1. The van der Waals surface area contributed by atoms with Gasteiger partial charge in [0.05, 0.1) is 4.90 Å². The van der Waals surface area contributed by atoms with Gasteiger partial charge in [0.25, 0.3) is 5.91 Å². The maximum atomic E-state index is 13.6. The number of aromatic nitrogens is 1. The number of nitrogens with one attached hydrogen (secondary N) is 1. The van der Waals surface area contributed by atoms with Crippen LogP contribution in [0.1, 0.15) is 33.6 Å². The van der Waals surface area contributed by atoms with Crippen molar-refractivity contribution in [1.82, 2.24) is 4.57 Å². The molecule has 0 radical (unpaired) electrons. The van der Waals surface area contributed by atoms with Gasteiger partial charge >= 0.3 is 0 Å². The Morgan fingerprint density at radius 3 is 2.39 bits per heavy atom. The number of amides is 1. The van der Waals surface area contributed by atoms with Gasteiger partial charge in [0.1, 0.15) is 10.7 Å². The molecule has 1 aromatic heterocycles. The topological polar surface area (TPSA) is 77.4 Å². The van der Waals surface area contributed by atoms with E-state index in [9.17, 15) is 13.2 Å². The van der Waals surface area contributed by atoms with E-state index in [1.165, 1.54) is 0 Å². The SMILES string of the molecule is COCCCn1c(C)c(C)c(S(=O)(=O)c2ccccc2)c1NC(=O)c1cccc(C)c1. The van der Waals surface area contributed by atoms with Crippen LogP contribution in [-0.2, 0) is 21.1 Å². The number of aryl methyl sites for hydroxylation is 1. The fraction of sp³-hybridized carbons (Fsp3) is 0.292. The van der Waals surface area contributed by atoms with E-state index in [4.69, 9.17) is 4.74 Å². The minimum absolute atomic E-state index is 0.134. The minimum Gasteiger partial charge on any atom is -0.385 e. The van der Waals surface area contributed by atoms with Crippen molar-refractivity contribution in [2.24, 2.45) is 0 Å². The molecule has 0 saturated heterocycles. The van der Waals surface area contributed by atoms with Crippen molar-refractivity contribution in [3.8, 4) is 0 Å². The van der Waals surface area contributed by atoms with Crippen molar-refractivity contribution < 1.29 is 17.9 Å². The smallest absolute Gasteiger partial charge is 0.256 e. The Kier molecular flexibility index (Phi) is 6.97. The zero-order valence-electron chi connectivity index (χ0n) is 18.3. The van der Waals surface area contributed by atoms with Crippen LogP contribution in [0, 0.1) is 20.8 Å². The number of carbonyl (C=O) groups excluding carboxylic acids is 1. The van der Waals surface area contributed by atoms with Crippen LogP contribution in [-0.4, -0.2) is 32.6 Å². The molecule has 6 nitrogen and oxygen atoms in total. The molecule has 0 spiro atoms. The highest BCUT2D eigenvalue weighted by Gasteiger charge is 2.30. The van der Waals surface area contributed by atoms with Crippen LogP contribution in [0.3, 0.4) is 0 Å². The van der Waals surface area contributed by atoms with Gasteiger partial charge in [-0.15, -0.1) is 0 Å². The first kappa shape index (κ1) is 22.8. The predicted octanol–water partition coefficient (Wildman–Crippen LogP) is 4.53. The number of methoxy groups -OCH3 is 1. The summed E-state index contributed by atoms with van der Waals surface area (Å²) in [6, 6.07) is 15.5. The summed E-state index contributed by atoms with van der Waals surface area (Å²) in [5.74, 6) is -0.0554. The molecule has 3 rings (SSSR count). The molecule has 0 unspecified atom stereocenters. The predicted molar refractivity (Wildman–Crippen MR) is 121 cm³/mol. The third-order valence-electron chi connectivity index (χ3n) is 5.34. The second-order valence-corrected chi connectivity index (χ2v) is 9.41. The molecule has 0 fully saturated rings. The second kappa shape index (κ2) is 9.49.